The van der Waals surface area contributed by atoms with E-state index in [1.54, 1.807) is 6.07 Å². The number of rotatable bonds is 3. The highest BCUT2D eigenvalue weighted by atomic mass is 16.5. The fourth-order valence-electron chi connectivity index (χ4n) is 4.11. The summed E-state index contributed by atoms with van der Waals surface area (Å²) in [5.41, 5.74) is 3.41. The summed E-state index contributed by atoms with van der Waals surface area (Å²) in [6.07, 6.45) is 5.77. The molecular weight excluding hydrogens is 338 g/mol. The van der Waals surface area contributed by atoms with Crippen LogP contribution < -0.4 is 10.6 Å². The molecule has 1 fully saturated rings. The van der Waals surface area contributed by atoms with Gasteiger partial charge in [-0.05, 0) is 36.6 Å². The Morgan fingerprint density at radius 2 is 1.85 bits per heavy atom. The third-order valence-electron chi connectivity index (χ3n) is 5.54. The number of benzene rings is 2. The van der Waals surface area contributed by atoms with Gasteiger partial charge in [0.25, 0.3) is 0 Å². The van der Waals surface area contributed by atoms with Gasteiger partial charge in [-0.1, -0.05) is 49.6 Å². The molecule has 1 heterocycles. The van der Waals surface area contributed by atoms with Gasteiger partial charge in [0.05, 0.1) is 29.6 Å². The van der Waals surface area contributed by atoms with Crippen LogP contribution in [0.1, 0.15) is 48.0 Å². The Bertz CT molecular complexity index is 869. The molecule has 1 aliphatic heterocycles. The molecule has 0 amide bonds. The van der Waals surface area contributed by atoms with Crippen LogP contribution in [0.4, 0.5) is 11.4 Å². The molecule has 5 heteroatoms. The van der Waals surface area contributed by atoms with Crippen LogP contribution >= 0.6 is 0 Å². The van der Waals surface area contributed by atoms with Gasteiger partial charge in [0.2, 0.25) is 0 Å². The highest BCUT2D eigenvalue weighted by molar-refractivity contribution is 6.00. The molecule has 0 saturated heterocycles. The third-order valence-corrected chi connectivity index (χ3v) is 5.54. The number of ether oxygens (including phenoxy) is 1. The van der Waals surface area contributed by atoms with Gasteiger partial charge in [-0.3, -0.25) is 0 Å². The second-order valence-corrected chi connectivity index (χ2v) is 7.25. The number of anilines is 1. The SMILES string of the molecule is COC(=O)c1ccccc1CNC1=Nc2ccccc2NC12CCCCC2. The first kappa shape index (κ1) is 17.6. The minimum absolute atomic E-state index is 0.146. The minimum atomic E-state index is -0.311. The van der Waals surface area contributed by atoms with Crippen molar-refractivity contribution in [2.45, 2.75) is 44.2 Å². The predicted octanol–water partition coefficient (Wildman–Crippen LogP) is 4.42. The highest BCUT2D eigenvalue weighted by Gasteiger charge is 2.40. The first-order valence-electron chi connectivity index (χ1n) is 9.58. The number of hydrogen-bond acceptors (Lipinski definition) is 5. The number of carbonyl (C=O) groups excluding carboxylic acids is 1. The molecule has 0 atom stereocenters. The maximum Gasteiger partial charge on any atom is 0.338 e. The first-order chi connectivity index (χ1) is 13.2. The molecule has 1 spiro atoms. The molecule has 2 N–H and O–H groups in total. The summed E-state index contributed by atoms with van der Waals surface area (Å²) < 4.78 is 4.92. The lowest BCUT2D eigenvalue weighted by Crippen LogP contribution is -2.54. The van der Waals surface area contributed by atoms with Crippen LogP contribution in [-0.2, 0) is 11.3 Å². The van der Waals surface area contributed by atoms with E-state index in [1.165, 1.54) is 26.4 Å². The van der Waals surface area contributed by atoms with Crippen LogP contribution in [0.15, 0.2) is 53.5 Å². The number of fused-ring (bicyclic) bond motifs is 1. The van der Waals surface area contributed by atoms with E-state index in [4.69, 9.17) is 9.73 Å². The second kappa shape index (κ2) is 7.43. The topological polar surface area (TPSA) is 62.7 Å². The maximum absolute atomic E-state index is 12.1. The Kier molecular flexibility index (Phi) is 4.84. The van der Waals surface area contributed by atoms with E-state index in [9.17, 15) is 4.79 Å². The van der Waals surface area contributed by atoms with E-state index in [-0.39, 0.29) is 11.5 Å². The average molecular weight is 363 g/mol. The van der Waals surface area contributed by atoms with Gasteiger partial charge < -0.3 is 15.4 Å². The summed E-state index contributed by atoms with van der Waals surface area (Å²) >= 11 is 0. The van der Waals surface area contributed by atoms with Crippen molar-refractivity contribution in [2.75, 3.05) is 12.4 Å². The number of aliphatic imine (C=N–C) groups is 1. The number of para-hydroxylation sites is 2. The van der Waals surface area contributed by atoms with Gasteiger partial charge in [-0.2, -0.15) is 0 Å². The molecule has 0 unspecified atom stereocenters. The van der Waals surface area contributed by atoms with E-state index >= 15 is 0 Å². The van der Waals surface area contributed by atoms with Crippen molar-refractivity contribution < 1.29 is 9.53 Å². The molecule has 4 rings (SSSR count). The van der Waals surface area contributed by atoms with Crippen LogP contribution in [0.3, 0.4) is 0 Å². The number of nitrogens with zero attached hydrogens (tertiary/aromatic N) is 1. The smallest absolute Gasteiger partial charge is 0.338 e. The van der Waals surface area contributed by atoms with Crippen molar-refractivity contribution in [1.29, 1.82) is 0 Å². The van der Waals surface area contributed by atoms with Crippen molar-refractivity contribution in [2.24, 2.45) is 4.99 Å². The van der Waals surface area contributed by atoms with Gasteiger partial charge in [-0.25, -0.2) is 9.79 Å². The second-order valence-electron chi connectivity index (χ2n) is 7.25. The van der Waals surface area contributed by atoms with Crippen molar-refractivity contribution in [1.82, 2.24) is 5.32 Å². The Hall–Kier alpha value is -2.82. The molecule has 0 radical (unpaired) electrons. The van der Waals surface area contributed by atoms with E-state index in [1.807, 2.05) is 36.4 Å². The summed E-state index contributed by atoms with van der Waals surface area (Å²) in [5.74, 6) is 0.661. The van der Waals surface area contributed by atoms with E-state index in [2.05, 4.69) is 16.7 Å². The van der Waals surface area contributed by atoms with Crippen LogP contribution in [0.2, 0.25) is 0 Å². The number of methoxy groups -OCH3 is 1. The van der Waals surface area contributed by atoms with Gasteiger partial charge >= 0.3 is 5.97 Å². The van der Waals surface area contributed by atoms with Crippen molar-refractivity contribution in [3.8, 4) is 0 Å². The number of amidine groups is 1. The van der Waals surface area contributed by atoms with Gasteiger partial charge in [0.1, 0.15) is 5.84 Å². The average Bonchev–Trinajstić information content (AvgIpc) is 2.72. The zero-order valence-electron chi connectivity index (χ0n) is 15.6. The van der Waals surface area contributed by atoms with Gasteiger partial charge in [-0.15, -0.1) is 0 Å². The molecular formula is C22H25N3O2. The minimum Gasteiger partial charge on any atom is -0.465 e. The Morgan fingerprint density at radius 1 is 1.11 bits per heavy atom. The number of esters is 1. The predicted molar refractivity (Wildman–Crippen MR) is 108 cm³/mol. The molecule has 27 heavy (non-hydrogen) atoms. The fraction of sp³-hybridized carbons (Fsp3) is 0.364. The number of nitrogens with one attached hydrogen (secondary N) is 2. The quantitative estimate of drug-likeness (QED) is 0.793. The lowest BCUT2D eigenvalue weighted by Gasteiger charge is -2.42. The summed E-state index contributed by atoms with van der Waals surface area (Å²) in [6, 6.07) is 15.7. The zero-order chi connectivity index (χ0) is 18.7. The molecule has 1 aliphatic carbocycles. The molecule has 0 aromatic heterocycles. The molecule has 5 nitrogen and oxygen atoms in total. The van der Waals surface area contributed by atoms with Crippen LogP contribution in [0, 0.1) is 0 Å². The highest BCUT2D eigenvalue weighted by Crippen LogP contribution is 2.40. The van der Waals surface area contributed by atoms with Gasteiger partial charge in [0, 0.05) is 6.54 Å². The lowest BCUT2D eigenvalue weighted by molar-refractivity contribution is 0.0599. The molecule has 1 saturated carbocycles. The molecule has 140 valence electrons. The maximum atomic E-state index is 12.1. The van der Waals surface area contributed by atoms with E-state index < -0.39 is 0 Å². The largest absolute Gasteiger partial charge is 0.465 e. The summed E-state index contributed by atoms with van der Waals surface area (Å²) in [7, 11) is 1.41. The standard InChI is InChI=1S/C22H25N3O2/c1-27-20(26)17-10-4-3-9-16(17)15-23-21-22(13-7-2-8-14-22)25-19-12-6-5-11-18(19)24-21/h3-6,9-12,25H,2,7-8,13-15H2,1H3,(H,23,24). The van der Waals surface area contributed by atoms with E-state index in [0.29, 0.717) is 12.1 Å². The number of hydrogen-bond donors (Lipinski definition) is 2. The number of carbonyl (C=O) groups is 1. The molecule has 2 aliphatic rings. The normalized spacial score (nSPS) is 17.4. The van der Waals surface area contributed by atoms with Crippen molar-refractivity contribution >= 4 is 23.2 Å². The Morgan fingerprint density at radius 3 is 2.67 bits per heavy atom. The first-order valence-corrected chi connectivity index (χ1v) is 9.58. The monoisotopic (exact) mass is 363 g/mol. The molecule has 2 aromatic carbocycles. The van der Waals surface area contributed by atoms with Crippen LogP contribution in [0.5, 0.6) is 0 Å². The Labute approximate surface area is 159 Å². The summed E-state index contributed by atoms with van der Waals surface area (Å²) in [4.78, 5) is 17.0. The van der Waals surface area contributed by atoms with Crippen LogP contribution in [-0.4, -0.2) is 24.5 Å². The fourth-order valence-corrected chi connectivity index (χ4v) is 4.11. The third kappa shape index (κ3) is 3.42. The van der Waals surface area contributed by atoms with Crippen LogP contribution in [0.25, 0.3) is 0 Å². The Balaban J connectivity index is 1.63. The zero-order valence-corrected chi connectivity index (χ0v) is 15.6. The lowest BCUT2D eigenvalue weighted by atomic mass is 9.79. The molecule has 0 bridgehead atoms. The molecule has 2 aromatic rings. The summed E-state index contributed by atoms with van der Waals surface area (Å²) in [6.45, 7) is 0.537. The van der Waals surface area contributed by atoms with Crippen molar-refractivity contribution in [3.05, 3.63) is 59.7 Å². The van der Waals surface area contributed by atoms with E-state index in [0.717, 1.165) is 35.6 Å². The van der Waals surface area contributed by atoms with Crippen molar-refractivity contribution in [3.63, 3.8) is 0 Å². The van der Waals surface area contributed by atoms with Gasteiger partial charge in [0.15, 0.2) is 0 Å². The summed E-state index contributed by atoms with van der Waals surface area (Å²) in [5, 5.41) is 7.30.